The fourth-order valence-corrected chi connectivity index (χ4v) is 3.25. The summed E-state index contributed by atoms with van der Waals surface area (Å²) in [6.45, 7) is 4.45. The molecular weight excluding hydrogens is 288 g/mol. The normalized spacial score (nSPS) is 16.1. The number of rotatable bonds is 4. The Morgan fingerprint density at radius 2 is 1.90 bits per heavy atom. The van der Waals surface area contributed by atoms with Crippen LogP contribution in [0, 0.1) is 0 Å². The second kappa shape index (κ2) is 6.19. The van der Waals surface area contributed by atoms with Crippen LogP contribution in [0.3, 0.4) is 0 Å². The fraction of sp³-hybridized carbons (Fsp3) is 0.357. The van der Waals surface area contributed by atoms with Crippen molar-refractivity contribution in [1.29, 1.82) is 0 Å². The Balaban J connectivity index is 1.55. The molecule has 7 heteroatoms. The monoisotopic (exact) mass is 304 g/mol. The molecule has 1 aliphatic heterocycles. The van der Waals surface area contributed by atoms with Crippen LogP contribution in [-0.2, 0) is 6.54 Å². The topological polar surface area (TPSA) is 69.6 Å². The van der Waals surface area contributed by atoms with Gasteiger partial charge in [-0.25, -0.2) is 14.8 Å². The molecular formula is C14H16N4O2S. The van der Waals surface area contributed by atoms with Gasteiger partial charge in [0.1, 0.15) is 4.88 Å². The van der Waals surface area contributed by atoms with Crippen molar-refractivity contribution in [3.63, 3.8) is 0 Å². The number of piperazine rings is 1. The Morgan fingerprint density at radius 1 is 1.19 bits per heavy atom. The molecule has 1 saturated heterocycles. The zero-order valence-electron chi connectivity index (χ0n) is 11.5. The molecule has 0 aromatic carbocycles. The maximum Gasteiger partial charge on any atom is 0.345 e. The van der Waals surface area contributed by atoms with Crippen LogP contribution in [0.4, 0.5) is 5.95 Å². The smallest absolute Gasteiger partial charge is 0.345 e. The van der Waals surface area contributed by atoms with E-state index in [4.69, 9.17) is 5.11 Å². The lowest BCUT2D eigenvalue weighted by Crippen LogP contribution is -2.46. The van der Waals surface area contributed by atoms with E-state index in [0.29, 0.717) is 4.88 Å². The molecule has 0 bridgehead atoms. The van der Waals surface area contributed by atoms with E-state index in [1.807, 2.05) is 12.1 Å². The average molecular weight is 304 g/mol. The maximum absolute atomic E-state index is 10.9. The van der Waals surface area contributed by atoms with Crippen molar-refractivity contribution in [2.75, 3.05) is 31.1 Å². The van der Waals surface area contributed by atoms with Gasteiger partial charge < -0.3 is 10.0 Å². The van der Waals surface area contributed by atoms with Gasteiger partial charge in [0.25, 0.3) is 0 Å². The highest BCUT2D eigenvalue weighted by Crippen LogP contribution is 2.19. The zero-order valence-corrected chi connectivity index (χ0v) is 12.3. The molecule has 2 aromatic rings. The third-order valence-corrected chi connectivity index (χ3v) is 4.52. The van der Waals surface area contributed by atoms with Crippen LogP contribution in [0.5, 0.6) is 0 Å². The molecule has 0 aliphatic carbocycles. The Labute approximate surface area is 126 Å². The minimum Gasteiger partial charge on any atom is -0.477 e. The van der Waals surface area contributed by atoms with Crippen LogP contribution in [0.15, 0.2) is 30.6 Å². The summed E-state index contributed by atoms with van der Waals surface area (Å²) in [6, 6.07) is 5.40. The van der Waals surface area contributed by atoms with E-state index in [1.165, 1.54) is 11.3 Å². The Kier molecular flexibility index (Phi) is 4.12. The number of aromatic nitrogens is 2. The summed E-state index contributed by atoms with van der Waals surface area (Å²) in [4.78, 5) is 25.4. The van der Waals surface area contributed by atoms with Crippen molar-refractivity contribution in [3.05, 3.63) is 40.3 Å². The number of hydrogen-bond donors (Lipinski definition) is 1. The van der Waals surface area contributed by atoms with Gasteiger partial charge in [-0.1, -0.05) is 0 Å². The SMILES string of the molecule is O=C(O)c1ccc(CN2CCN(c3ncccn3)CC2)s1. The van der Waals surface area contributed by atoms with Crippen molar-refractivity contribution in [2.45, 2.75) is 6.54 Å². The molecule has 1 aliphatic rings. The largest absolute Gasteiger partial charge is 0.477 e. The summed E-state index contributed by atoms with van der Waals surface area (Å²) in [6.07, 6.45) is 3.52. The first-order valence-corrected chi connectivity index (χ1v) is 7.60. The predicted molar refractivity (Wildman–Crippen MR) is 80.8 cm³/mol. The quantitative estimate of drug-likeness (QED) is 0.924. The maximum atomic E-state index is 10.9. The van der Waals surface area contributed by atoms with Crippen LogP contribution < -0.4 is 4.90 Å². The van der Waals surface area contributed by atoms with Gasteiger partial charge in [-0.3, -0.25) is 4.90 Å². The minimum atomic E-state index is -0.850. The minimum absolute atomic E-state index is 0.404. The molecule has 6 nitrogen and oxygen atoms in total. The summed E-state index contributed by atoms with van der Waals surface area (Å²) in [5.41, 5.74) is 0. The summed E-state index contributed by atoms with van der Waals surface area (Å²) in [7, 11) is 0. The molecule has 3 heterocycles. The van der Waals surface area contributed by atoms with Gasteiger partial charge in [0.2, 0.25) is 5.95 Å². The fourth-order valence-electron chi connectivity index (χ4n) is 2.36. The summed E-state index contributed by atoms with van der Waals surface area (Å²) >= 11 is 1.35. The highest BCUT2D eigenvalue weighted by atomic mass is 32.1. The van der Waals surface area contributed by atoms with Crippen LogP contribution in [-0.4, -0.2) is 52.1 Å². The second-order valence-electron chi connectivity index (χ2n) is 4.88. The lowest BCUT2D eigenvalue weighted by Gasteiger charge is -2.34. The van der Waals surface area contributed by atoms with E-state index >= 15 is 0 Å². The van der Waals surface area contributed by atoms with Gasteiger partial charge in [-0.05, 0) is 18.2 Å². The number of hydrogen-bond acceptors (Lipinski definition) is 6. The van der Waals surface area contributed by atoms with Crippen LogP contribution >= 0.6 is 11.3 Å². The van der Waals surface area contributed by atoms with Crippen LogP contribution in [0.25, 0.3) is 0 Å². The van der Waals surface area contributed by atoms with E-state index in [0.717, 1.165) is 43.5 Å². The third kappa shape index (κ3) is 3.37. The number of carboxylic acids is 1. The number of carbonyl (C=O) groups is 1. The van der Waals surface area contributed by atoms with E-state index in [9.17, 15) is 4.79 Å². The molecule has 0 amide bonds. The molecule has 110 valence electrons. The Morgan fingerprint density at radius 3 is 2.52 bits per heavy atom. The number of thiophene rings is 1. The van der Waals surface area contributed by atoms with Gasteiger partial charge in [0, 0.05) is 50.0 Å². The summed E-state index contributed by atoms with van der Waals surface area (Å²) in [5.74, 6) is -0.0706. The number of aromatic carboxylic acids is 1. The van der Waals surface area contributed by atoms with Gasteiger partial charge in [-0.2, -0.15) is 0 Å². The van der Waals surface area contributed by atoms with E-state index in [1.54, 1.807) is 18.5 Å². The second-order valence-corrected chi connectivity index (χ2v) is 6.05. The Bertz CT molecular complexity index is 608. The lowest BCUT2D eigenvalue weighted by atomic mass is 10.3. The molecule has 1 fully saturated rings. The third-order valence-electron chi connectivity index (χ3n) is 3.46. The van der Waals surface area contributed by atoms with Crippen molar-refractivity contribution in [1.82, 2.24) is 14.9 Å². The standard InChI is InChI=1S/C14H16N4O2S/c19-13(20)12-3-2-11(21-12)10-17-6-8-18(9-7-17)14-15-4-1-5-16-14/h1-5H,6-10H2,(H,19,20). The number of anilines is 1. The molecule has 0 saturated carbocycles. The molecule has 1 N–H and O–H groups in total. The molecule has 21 heavy (non-hydrogen) atoms. The van der Waals surface area contributed by atoms with E-state index < -0.39 is 5.97 Å². The molecule has 0 spiro atoms. The van der Waals surface area contributed by atoms with Gasteiger partial charge in [0.15, 0.2) is 0 Å². The molecule has 0 atom stereocenters. The zero-order chi connectivity index (χ0) is 14.7. The van der Waals surface area contributed by atoms with E-state index in [-0.39, 0.29) is 0 Å². The van der Waals surface area contributed by atoms with Crippen molar-refractivity contribution in [2.24, 2.45) is 0 Å². The van der Waals surface area contributed by atoms with Crippen LogP contribution in [0.2, 0.25) is 0 Å². The van der Waals surface area contributed by atoms with Crippen LogP contribution in [0.1, 0.15) is 14.5 Å². The highest BCUT2D eigenvalue weighted by Gasteiger charge is 2.19. The van der Waals surface area contributed by atoms with Crippen molar-refractivity contribution < 1.29 is 9.90 Å². The van der Waals surface area contributed by atoms with Gasteiger partial charge in [0.05, 0.1) is 0 Å². The molecule has 0 unspecified atom stereocenters. The lowest BCUT2D eigenvalue weighted by molar-refractivity contribution is 0.0702. The highest BCUT2D eigenvalue weighted by molar-refractivity contribution is 7.13. The molecule has 3 rings (SSSR count). The summed E-state index contributed by atoms with van der Waals surface area (Å²) in [5, 5.41) is 8.94. The van der Waals surface area contributed by atoms with Crippen molar-refractivity contribution in [3.8, 4) is 0 Å². The molecule has 0 radical (unpaired) electrons. The first-order chi connectivity index (χ1) is 10.2. The molecule has 2 aromatic heterocycles. The van der Waals surface area contributed by atoms with Gasteiger partial charge >= 0.3 is 5.97 Å². The van der Waals surface area contributed by atoms with E-state index in [2.05, 4.69) is 19.8 Å². The summed E-state index contributed by atoms with van der Waals surface area (Å²) < 4.78 is 0. The predicted octanol–water partition coefficient (Wildman–Crippen LogP) is 1.56. The number of nitrogens with zero attached hydrogens (tertiary/aromatic N) is 4. The van der Waals surface area contributed by atoms with Gasteiger partial charge in [-0.15, -0.1) is 11.3 Å². The first kappa shape index (κ1) is 14.0. The first-order valence-electron chi connectivity index (χ1n) is 6.79. The van der Waals surface area contributed by atoms with Crippen molar-refractivity contribution >= 4 is 23.3 Å². The Hall–Kier alpha value is -1.99. The average Bonchev–Trinajstić information content (AvgIpc) is 2.98. The number of carboxylic acid groups (broad SMARTS) is 1.